The molecule has 0 aliphatic rings. The molecule has 33 heavy (non-hydrogen) atoms. The second-order valence-electron chi connectivity index (χ2n) is 7.23. The Balaban J connectivity index is 2.15. The summed E-state index contributed by atoms with van der Waals surface area (Å²) in [7, 11) is 0. The van der Waals surface area contributed by atoms with Gasteiger partial charge in [0.25, 0.3) is 23.5 Å². The molecule has 2 aromatic heterocycles. The average molecular weight is 463 g/mol. The lowest BCUT2D eigenvalue weighted by molar-refractivity contribution is 0.0101. The molecule has 0 unspecified atom stereocenters. The lowest BCUT2D eigenvalue weighted by atomic mass is 10.2. The summed E-state index contributed by atoms with van der Waals surface area (Å²) < 4.78 is 60.8. The molecule has 0 spiro atoms. The summed E-state index contributed by atoms with van der Waals surface area (Å²) in [6.45, 7) is 10.3. The van der Waals surface area contributed by atoms with Gasteiger partial charge >= 0.3 is 0 Å². The van der Waals surface area contributed by atoms with Gasteiger partial charge < -0.3 is 9.72 Å². The van der Waals surface area contributed by atoms with E-state index in [9.17, 15) is 27.2 Å². The molecule has 0 saturated carbocycles. The number of nitrogens with one attached hydrogen (secondary N) is 1. The third kappa shape index (κ3) is 5.08. The Bertz CT molecular complexity index is 1370. The molecule has 0 atom stereocenters. The van der Waals surface area contributed by atoms with Crippen molar-refractivity contribution in [3.8, 4) is 11.5 Å². The molecule has 8 nitrogen and oxygen atoms in total. The second kappa shape index (κ2) is 8.85. The van der Waals surface area contributed by atoms with E-state index in [1.807, 2.05) is 0 Å². The topological polar surface area (TPSA) is 94.2 Å². The summed E-state index contributed by atoms with van der Waals surface area (Å²) in [5.41, 5.74) is -3.02. The molecule has 0 bridgehead atoms. The van der Waals surface area contributed by atoms with Gasteiger partial charge in [0.1, 0.15) is 11.6 Å². The van der Waals surface area contributed by atoms with Crippen LogP contribution in [-0.4, -0.2) is 19.5 Å². The highest BCUT2D eigenvalue weighted by atomic mass is 19.3. The van der Waals surface area contributed by atoms with E-state index in [1.165, 1.54) is 0 Å². The summed E-state index contributed by atoms with van der Waals surface area (Å²) in [6, 6.07) is 2.79. The molecule has 3 aromatic rings. The Morgan fingerprint density at radius 1 is 1.24 bits per heavy atom. The number of aryl methyl sites for hydroxylation is 2. The molecule has 0 amide bonds. The zero-order valence-electron chi connectivity index (χ0n) is 17.6. The van der Waals surface area contributed by atoms with Crippen molar-refractivity contribution >= 4 is 5.69 Å². The molecule has 2 heterocycles. The van der Waals surface area contributed by atoms with E-state index >= 15 is 0 Å². The summed E-state index contributed by atoms with van der Waals surface area (Å²) in [5, 5.41) is 0. The van der Waals surface area contributed by atoms with E-state index in [0.717, 1.165) is 29.1 Å². The maximum absolute atomic E-state index is 14.2. The Kier molecular flexibility index (Phi) is 6.34. The Hall–Kier alpha value is -4.01. The van der Waals surface area contributed by atoms with Gasteiger partial charge in [0.15, 0.2) is 11.4 Å². The van der Waals surface area contributed by atoms with E-state index in [-0.39, 0.29) is 17.8 Å². The first-order chi connectivity index (χ1) is 15.4. The first-order valence-electron chi connectivity index (χ1n) is 9.43. The Morgan fingerprint density at radius 2 is 1.94 bits per heavy atom. The minimum absolute atomic E-state index is 0.0986. The number of hydrogen-bond donors (Lipinski definition) is 1. The van der Waals surface area contributed by atoms with Crippen molar-refractivity contribution in [3.05, 3.63) is 85.0 Å². The van der Waals surface area contributed by atoms with Gasteiger partial charge in [-0.1, -0.05) is 0 Å². The molecule has 0 radical (unpaired) electrons. The van der Waals surface area contributed by atoms with Gasteiger partial charge in [-0.25, -0.2) is 23.6 Å². The van der Waals surface area contributed by atoms with E-state index in [2.05, 4.69) is 19.8 Å². The number of rotatable bonds is 6. The first-order valence-corrected chi connectivity index (χ1v) is 9.43. The molecular weight excluding hydrogens is 446 g/mol. The van der Waals surface area contributed by atoms with Crippen molar-refractivity contribution in [1.82, 2.24) is 19.5 Å². The molecule has 12 heteroatoms. The number of aromatic nitrogens is 4. The molecule has 1 aromatic carbocycles. The molecule has 172 valence electrons. The average Bonchev–Trinajstić information content (AvgIpc) is 2.71. The summed E-state index contributed by atoms with van der Waals surface area (Å²) in [5.74, 6) is -4.59. The van der Waals surface area contributed by atoms with Crippen molar-refractivity contribution in [2.75, 3.05) is 0 Å². The fourth-order valence-corrected chi connectivity index (χ4v) is 3.07. The van der Waals surface area contributed by atoms with Crippen LogP contribution in [-0.2, 0) is 12.5 Å². The molecule has 0 aliphatic carbocycles. The van der Waals surface area contributed by atoms with Gasteiger partial charge in [-0.2, -0.15) is 8.78 Å². The van der Waals surface area contributed by atoms with Crippen molar-refractivity contribution in [3.63, 3.8) is 0 Å². The van der Waals surface area contributed by atoms with E-state index in [1.54, 1.807) is 13.8 Å². The third-order valence-electron chi connectivity index (χ3n) is 4.60. The highest BCUT2D eigenvalue weighted by molar-refractivity contribution is 5.53. The summed E-state index contributed by atoms with van der Waals surface area (Å²) in [4.78, 5) is 38.6. The van der Waals surface area contributed by atoms with Crippen molar-refractivity contribution in [2.24, 2.45) is 0 Å². The predicted octanol–water partition coefficient (Wildman–Crippen LogP) is 4.38. The van der Waals surface area contributed by atoms with Gasteiger partial charge in [-0.15, -0.1) is 0 Å². The molecule has 0 fully saturated rings. The van der Waals surface area contributed by atoms with Gasteiger partial charge in [-0.3, -0.25) is 14.2 Å². The lowest BCUT2D eigenvalue weighted by Crippen LogP contribution is -2.29. The van der Waals surface area contributed by atoms with Gasteiger partial charge in [-0.05, 0) is 32.0 Å². The van der Waals surface area contributed by atoms with Crippen LogP contribution in [0.2, 0.25) is 0 Å². The van der Waals surface area contributed by atoms with E-state index in [0.29, 0.717) is 18.4 Å². The predicted molar refractivity (Wildman–Crippen MR) is 109 cm³/mol. The first kappa shape index (κ1) is 23.6. The van der Waals surface area contributed by atoms with Crippen LogP contribution < -0.4 is 15.9 Å². The van der Waals surface area contributed by atoms with Crippen LogP contribution in [0.3, 0.4) is 0 Å². The van der Waals surface area contributed by atoms with Gasteiger partial charge in [0.05, 0.1) is 25.0 Å². The van der Waals surface area contributed by atoms with Crippen molar-refractivity contribution in [2.45, 2.75) is 39.7 Å². The molecular formula is C21H17F4N5O3. The van der Waals surface area contributed by atoms with Gasteiger partial charge in [0.2, 0.25) is 5.75 Å². The number of hydrogen-bond acceptors (Lipinski definition) is 5. The number of nitrogens with zero attached hydrogens (tertiary/aromatic N) is 4. The van der Waals surface area contributed by atoms with Crippen LogP contribution in [0.15, 0.2) is 34.1 Å². The van der Waals surface area contributed by atoms with Crippen LogP contribution >= 0.6 is 0 Å². The lowest BCUT2D eigenvalue weighted by Gasteiger charge is -2.17. The van der Waals surface area contributed by atoms with Crippen molar-refractivity contribution in [1.29, 1.82) is 0 Å². The number of halogens is 4. The second-order valence-corrected chi connectivity index (χ2v) is 7.23. The van der Waals surface area contributed by atoms with Crippen LogP contribution in [0.5, 0.6) is 11.5 Å². The maximum atomic E-state index is 14.2. The number of benzene rings is 1. The molecule has 0 saturated heterocycles. The van der Waals surface area contributed by atoms with Crippen LogP contribution in [0.25, 0.3) is 4.85 Å². The van der Waals surface area contributed by atoms with Crippen molar-refractivity contribution < 1.29 is 22.3 Å². The Morgan fingerprint density at radius 3 is 2.52 bits per heavy atom. The minimum atomic E-state index is -3.62. The zero-order chi connectivity index (χ0) is 24.5. The van der Waals surface area contributed by atoms with Gasteiger partial charge in [0, 0.05) is 18.2 Å². The smallest absolute Gasteiger partial charge is 0.297 e. The Labute approximate surface area is 184 Å². The molecule has 1 N–H and O–H groups in total. The quantitative estimate of drug-likeness (QED) is 0.433. The molecule has 0 aliphatic heterocycles. The van der Waals surface area contributed by atoms with E-state index in [4.69, 9.17) is 11.3 Å². The normalized spacial score (nSPS) is 11.5. The summed E-state index contributed by atoms with van der Waals surface area (Å²) in [6.07, 6.45) is -2.13. The fourth-order valence-electron chi connectivity index (χ4n) is 3.07. The highest BCUT2D eigenvalue weighted by Crippen LogP contribution is 2.35. The van der Waals surface area contributed by atoms with E-state index < -0.39 is 46.2 Å². The highest BCUT2D eigenvalue weighted by Gasteiger charge is 2.33. The minimum Gasteiger partial charge on any atom is -0.451 e. The standard InChI is InChI=1S/C21H17F4N5O3/c1-10-15(19(31)29-11(2)28-10)8-30-9-27-17(21(3,24)25)16(20(30)32)33-14-6-12(18(22)23)5-13(7-14)26-4/h5-7,9,18H,8H2,1-3H3,(H,28,29,31). The SMILES string of the molecule is [C-]#[N+]c1cc(Oc2c(C(C)(F)F)ncn(Cc3c(C)nc(C)[nH]c3=O)c2=O)cc(C(F)F)c1. The number of aromatic amines is 1. The third-order valence-corrected chi connectivity index (χ3v) is 4.60. The van der Waals surface area contributed by atoms with Crippen LogP contribution in [0, 0.1) is 20.4 Å². The maximum Gasteiger partial charge on any atom is 0.297 e. The number of ether oxygens (including phenoxy) is 1. The molecule has 3 rings (SSSR count). The number of alkyl halides is 4. The summed E-state index contributed by atoms with van der Waals surface area (Å²) >= 11 is 0. The van der Waals surface area contributed by atoms with Crippen LogP contribution in [0.1, 0.15) is 41.7 Å². The number of H-pyrrole nitrogens is 1. The van der Waals surface area contributed by atoms with Crippen LogP contribution in [0.4, 0.5) is 23.2 Å². The zero-order valence-corrected chi connectivity index (χ0v) is 17.6. The monoisotopic (exact) mass is 463 g/mol. The fraction of sp³-hybridized carbons (Fsp3) is 0.286. The largest absolute Gasteiger partial charge is 0.451 e.